The van der Waals surface area contributed by atoms with E-state index in [0.29, 0.717) is 23.5 Å². The van der Waals surface area contributed by atoms with Gasteiger partial charge >= 0.3 is 0 Å². The van der Waals surface area contributed by atoms with E-state index in [1.54, 1.807) is 24.0 Å². The summed E-state index contributed by atoms with van der Waals surface area (Å²) in [5.41, 5.74) is 4.93. The van der Waals surface area contributed by atoms with Gasteiger partial charge in [-0.25, -0.2) is 14.5 Å². The lowest BCUT2D eigenvalue weighted by atomic mass is 9.87. The van der Waals surface area contributed by atoms with Gasteiger partial charge in [-0.1, -0.05) is 6.07 Å². The normalized spacial score (nSPS) is 19.1. The van der Waals surface area contributed by atoms with Crippen molar-refractivity contribution in [1.82, 2.24) is 29.5 Å². The van der Waals surface area contributed by atoms with Crippen LogP contribution in [-0.2, 0) is 6.54 Å². The van der Waals surface area contributed by atoms with Crippen molar-refractivity contribution in [3.8, 4) is 23.2 Å². The number of nitrogens with one attached hydrogen (secondary N) is 1. The first-order valence-corrected chi connectivity index (χ1v) is 12.1. The molecule has 0 radical (unpaired) electrons. The molecule has 10 nitrogen and oxygen atoms in total. The van der Waals surface area contributed by atoms with Gasteiger partial charge in [0.05, 0.1) is 54.4 Å². The Kier molecular flexibility index (Phi) is 5.62. The van der Waals surface area contributed by atoms with E-state index >= 15 is 0 Å². The number of ether oxygens (including phenoxy) is 1. The van der Waals surface area contributed by atoms with Gasteiger partial charge in [0.1, 0.15) is 11.9 Å². The van der Waals surface area contributed by atoms with Crippen LogP contribution in [0.25, 0.3) is 16.8 Å². The fraction of sp³-hybridized carbons (Fsp3) is 0.346. The van der Waals surface area contributed by atoms with Crippen LogP contribution in [0.2, 0.25) is 0 Å². The molecular formula is C26H27N9O. The highest BCUT2D eigenvalue weighted by Gasteiger charge is 2.44. The minimum absolute atomic E-state index is 0.494. The van der Waals surface area contributed by atoms with Crippen LogP contribution in [0.4, 0.5) is 11.5 Å². The number of piperidine rings is 1. The van der Waals surface area contributed by atoms with Crippen LogP contribution in [0, 0.1) is 11.3 Å². The van der Waals surface area contributed by atoms with E-state index in [1.807, 2.05) is 37.6 Å². The standard InChI is InChI=1S/C26H27N9O/c1-3-28-19-6-22(26-18(8-27)10-32-35(26)14-19)23-11-30-24(12-29-23)33-15-20-7-21(16-33)34(20)13-17-4-5-25(36-2)31-9-17/h4-6,9-12,14,20-21,28H,3,7,13,15-16H2,1-2H3. The van der Waals surface area contributed by atoms with E-state index in [2.05, 4.69) is 37.3 Å². The Morgan fingerprint density at radius 3 is 2.64 bits per heavy atom. The Hall–Kier alpha value is -4.23. The summed E-state index contributed by atoms with van der Waals surface area (Å²) in [5.74, 6) is 1.52. The summed E-state index contributed by atoms with van der Waals surface area (Å²) < 4.78 is 6.90. The van der Waals surface area contributed by atoms with Gasteiger partial charge in [0.25, 0.3) is 0 Å². The Balaban J connectivity index is 1.19. The summed E-state index contributed by atoms with van der Waals surface area (Å²) in [7, 11) is 1.63. The molecule has 0 saturated carbocycles. The summed E-state index contributed by atoms with van der Waals surface area (Å²) in [5, 5.41) is 17.2. The number of pyridine rings is 2. The first-order chi connectivity index (χ1) is 17.7. The molecule has 0 amide bonds. The van der Waals surface area contributed by atoms with Crippen molar-refractivity contribution in [3.63, 3.8) is 0 Å². The van der Waals surface area contributed by atoms with Gasteiger partial charge in [-0.2, -0.15) is 10.4 Å². The molecule has 1 N–H and O–H groups in total. The average Bonchev–Trinajstić information content (AvgIpc) is 3.35. The molecule has 182 valence electrons. The quantitative estimate of drug-likeness (QED) is 0.426. The van der Waals surface area contributed by atoms with Crippen LogP contribution in [0.5, 0.6) is 5.88 Å². The van der Waals surface area contributed by atoms with Gasteiger partial charge in [-0.05, 0) is 25.0 Å². The lowest BCUT2D eigenvalue weighted by Crippen LogP contribution is -2.68. The molecule has 3 fully saturated rings. The zero-order chi connectivity index (χ0) is 24.6. The Morgan fingerprint density at radius 2 is 1.97 bits per heavy atom. The van der Waals surface area contributed by atoms with Gasteiger partial charge in [0, 0.05) is 56.1 Å². The fourth-order valence-electron chi connectivity index (χ4n) is 5.29. The first-order valence-electron chi connectivity index (χ1n) is 12.1. The first kappa shape index (κ1) is 22.2. The summed E-state index contributed by atoms with van der Waals surface area (Å²) >= 11 is 0. The monoisotopic (exact) mass is 481 g/mol. The third-order valence-corrected chi connectivity index (χ3v) is 7.07. The molecule has 7 rings (SSSR count). The molecule has 0 aliphatic carbocycles. The van der Waals surface area contributed by atoms with Gasteiger partial charge in [-0.15, -0.1) is 0 Å². The third kappa shape index (κ3) is 3.87. The number of rotatable bonds is 7. The molecule has 4 aromatic heterocycles. The second-order valence-corrected chi connectivity index (χ2v) is 9.23. The van der Waals surface area contributed by atoms with Crippen LogP contribution >= 0.6 is 0 Å². The van der Waals surface area contributed by atoms with Crippen LogP contribution < -0.4 is 15.0 Å². The number of methoxy groups -OCH3 is 1. The zero-order valence-electron chi connectivity index (χ0n) is 20.3. The Morgan fingerprint density at radius 1 is 1.11 bits per heavy atom. The largest absolute Gasteiger partial charge is 0.481 e. The van der Waals surface area contributed by atoms with Crippen molar-refractivity contribution >= 4 is 17.0 Å². The Bertz CT molecular complexity index is 1410. The van der Waals surface area contributed by atoms with E-state index in [9.17, 15) is 5.26 Å². The number of fused-ring (bicyclic) bond motifs is 3. The van der Waals surface area contributed by atoms with Gasteiger partial charge in [0.2, 0.25) is 5.88 Å². The van der Waals surface area contributed by atoms with Crippen LogP contribution in [-0.4, -0.2) is 68.3 Å². The molecule has 36 heavy (non-hydrogen) atoms. The maximum atomic E-state index is 9.58. The zero-order valence-corrected chi connectivity index (χ0v) is 20.3. The third-order valence-electron chi connectivity index (χ3n) is 7.07. The number of piperazine rings is 1. The van der Waals surface area contributed by atoms with Crippen molar-refractivity contribution in [3.05, 3.63) is 60.3 Å². The molecule has 2 atom stereocenters. The van der Waals surface area contributed by atoms with Crippen LogP contribution in [0.1, 0.15) is 24.5 Å². The minimum Gasteiger partial charge on any atom is -0.481 e. The predicted molar refractivity (Wildman–Crippen MR) is 136 cm³/mol. The second-order valence-electron chi connectivity index (χ2n) is 9.23. The van der Waals surface area contributed by atoms with Crippen LogP contribution in [0.15, 0.2) is 49.2 Å². The molecule has 3 saturated heterocycles. The van der Waals surface area contributed by atoms with Crippen molar-refractivity contribution in [2.24, 2.45) is 0 Å². The van der Waals surface area contributed by atoms with Crippen molar-refractivity contribution < 1.29 is 4.74 Å². The minimum atomic E-state index is 0.494. The number of nitrogens with zero attached hydrogens (tertiary/aromatic N) is 8. The molecular weight excluding hydrogens is 454 g/mol. The molecule has 7 heterocycles. The van der Waals surface area contributed by atoms with E-state index in [1.165, 1.54) is 12.0 Å². The summed E-state index contributed by atoms with van der Waals surface area (Å²) in [6.45, 7) is 5.58. The van der Waals surface area contributed by atoms with E-state index in [0.717, 1.165) is 54.5 Å². The maximum absolute atomic E-state index is 9.58. The highest BCUT2D eigenvalue weighted by atomic mass is 16.5. The van der Waals surface area contributed by atoms with Gasteiger partial charge in [0.15, 0.2) is 0 Å². The van der Waals surface area contributed by atoms with Gasteiger partial charge in [-0.3, -0.25) is 9.88 Å². The molecule has 10 heteroatoms. The smallest absolute Gasteiger partial charge is 0.212 e. The molecule has 2 unspecified atom stereocenters. The predicted octanol–water partition coefficient (Wildman–Crippen LogP) is 2.96. The van der Waals surface area contributed by atoms with Gasteiger partial charge < -0.3 is 15.0 Å². The summed E-state index contributed by atoms with van der Waals surface area (Å²) in [6, 6.07) is 9.23. The average molecular weight is 482 g/mol. The number of anilines is 2. The fourth-order valence-corrected chi connectivity index (χ4v) is 5.29. The SMILES string of the molecule is CCNc1cc(-c2cnc(N3CC4CC(C3)N4Cc3ccc(OC)nc3)cn2)c2c(C#N)cnn2c1. The highest BCUT2D eigenvalue weighted by molar-refractivity contribution is 5.84. The number of aromatic nitrogens is 5. The topological polar surface area (TPSA) is 108 Å². The highest BCUT2D eigenvalue weighted by Crippen LogP contribution is 2.36. The second kappa shape index (κ2) is 9.09. The number of nitriles is 1. The summed E-state index contributed by atoms with van der Waals surface area (Å²) in [6.07, 6.45) is 10.2. The van der Waals surface area contributed by atoms with Crippen molar-refractivity contribution in [2.75, 3.05) is 37.0 Å². The van der Waals surface area contributed by atoms with E-state index in [4.69, 9.17) is 14.7 Å². The molecule has 3 aliphatic heterocycles. The molecule has 4 aromatic rings. The number of hydrogen-bond acceptors (Lipinski definition) is 9. The lowest BCUT2D eigenvalue weighted by Gasteiger charge is -2.56. The molecule has 0 spiro atoms. The van der Waals surface area contributed by atoms with E-state index in [-0.39, 0.29) is 0 Å². The molecule has 3 aliphatic rings. The van der Waals surface area contributed by atoms with E-state index < -0.39 is 0 Å². The van der Waals surface area contributed by atoms with Crippen molar-refractivity contribution in [2.45, 2.75) is 32.0 Å². The maximum Gasteiger partial charge on any atom is 0.212 e. The summed E-state index contributed by atoms with van der Waals surface area (Å²) in [4.78, 5) is 18.7. The van der Waals surface area contributed by atoms with Crippen molar-refractivity contribution in [1.29, 1.82) is 5.26 Å². The molecule has 2 bridgehead atoms. The Labute approximate surface area is 209 Å². The number of hydrogen-bond donors (Lipinski definition) is 1. The van der Waals surface area contributed by atoms with Crippen LogP contribution in [0.3, 0.4) is 0 Å². The lowest BCUT2D eigenvalue weighted by molar-refractivity contribution is -0.00879. The molecule has 0 aromatic carbocycles.